The Labute approximate surface area is 68.5 Å². The highest BCUT2D eigenvalue weighted by Gasteiger charge is 2.33. The summed E-state index contributed by atoms with van der Waals surface area (Å²) < 4.78 is 5.78. The molecule has 2 rings (SSSR count). The van der Waals surface area contributed by atoms with Crippen molar-refractivity contribution < 1.29 is 4.74 Å². The Morgan fingerprint density at radius 1 is 1.36 bits per heavy atom. The number of ether oxygens (including phenoxy) is 1. The predicted molar refractivity (Wildman–Crippen MR) is 44.6 cm³/mol. The third-order valence-electron chi connectivity index (χ3n) is 2.99. The number of fused-ring (bicyclic) bond motifs is 2. The molecule has 3 atom stereocenters. The molecule has 3 unspecified atom stereocenters. The number of likely N-dealkylation sites (tertiary alicyclic amines) is 1. The molecule has 0 aromatic rings. The fourth-order valence-corrected chi connectivity index (χ4v) is 2.30. The molecule has 0 aromatic heterocycles. The van der Waals surface area contributed by atoms with E-state index in [0.29, 0.717) is 12.2 Å². The van der Waals surface area contributed by atoms with Crippen LogP contribution in [0.1, 0.15) is 26.2 Å². The Morgan fingerprint density at radius 3 is 3.00 bits per heavy atom. The zero-order valence-electron chi connectivity index (χ0n) is 7.42. The molecular weight excluding hydrogens is 138 g/mol. The SMILES string of the molecule is CC1CC2CC(CCN2C)O1. The van der Waals surface area contributed by atoms with Crippen LogP contribution < -0.4 is 0 Å². The topological polar surface area (TPSA) is 12.5 Å². The van der Waals surface area contributed by atoms with E-state index in [1.165, 1.54) is 25.8 Å². The zero-order chi connectivity index (χ0) is 7.84. The van der Waals surface area contributed by atoms with Crippen LogP contribution in [0.15, 0.2) is 0 Å². The van der Waals surface area contributed by atoms with Crippen LogP contribution in [-0.2, 0) is 4.74 Å². The van der Waals surface area contributed by atoms with Crippen LogP contribution >= 0.6 is 0 Å². The van der Waals surface area contributed by atoms with E-state index in [4.69, 9.17) is 4.74 Å². The van der Waals surface area contributed by atoms with Crippen molar-refractivity contribution in [2.24, 2.45) is 0 Å². The van der Waals surface area contributed by atoms with Crippen LogP contribution in [0.4, 0.5) is 0 Å². The Morgan fingerprint density at radius 2 is 2.18 bits per heavy atom. The molecule has 0 aliphatic carbocycles. The normalized spacial score (nSPS) is 45.8. The number of hydrogen-bond donors (Lipinski definition) is 0. The summed E-state index contributed by atoms with van der Waals surface area (Å²) in [6.45, 7) is 3.42. The standard InChI is InChI=1S/C9H17NO/c1-7-5-8-6-9(11-7)3-4-10(8)2/h7-9H,3-6H2,1-2H3. The fourth-order valence-electron chi connectivity index (χ4n) is 2.30. The van der Waals surface area contributed by atoms with Gasteiger partial charge < -0.3 is 9.64 Å². The van der Waals surface area contributed by atoms with Gasteiger partial charge in [0.25, 0.3) is 0 Å². The van der Waals surface area contributed by atoms with Gasteiger partial charge in [-0.15, -0.1) is 0 Å². The summed E-state index contributed by atoms with van der Waals surface area (Å²) in [5.74, 6) is 0. The first-order chi connectivity index (χ1) is 5.25. The first-order valence-corrected chi connectivity index (χ1v) is 4.61. The second-order valence-electron chi connectivity index (χ2n) is 3.96. The van der Waals surface area contributed by atoms with Gasteiger partial charge in [-0.2, -0.15) is 0 Å². The summed E-state index contributed by atoms with van der Waals surface area (Å²) in [6, 6.07) is 0.803. The van der Waals surface area contributed by atoms with Crippen LogP contribution in [0.25, 0.3) is 0 Å². The molecule has 2 fully saturated rings. The van der Waals surface area contributed by atoms with Gasteiger partial charge in [-0.3, -0.25) is 0 Å². The lowest BCUT2D eigenvalue weighted by atomic mass is 9.92. The van der Waals surface area contributed by atoms with Crippen molar-refractivity contribution in [3.8, 4) is 0 Å². The number of hydrogen-bond acceptors (Lipinski definition) is 2. The number of piperidine rings is 1. The molecule has 2 heteroatoms. The van der Waals surface area contributed by atoms with Crippen molar-refractivity contribution in [2.45, 2.75) is 44.4 Å². The Bertz CT molecular complexity index is 146. The van der Waals surface area contributed by atoms with Crippen molar-refractivity contribution in [1.29, 1.82) is 0 Å². The third-order valence-corrected chi connectivity index (χ3v) is 2.99. The third kappa shape index (κ3) is 1.42. The van der Waals surface area contributed by atoms with Crippen molar-refractivity contribution in [2.75, 3.05) is 13.6 Å². The van der Waals surface area contributed by atoms with Gasteiger partial charge in [-0.05, 0) is 33.2 Å². The molecule has 2 aliphatic heterocycles. The molecule has 2 nitrogen and oxygen atoms in total. The molecule has 0 amide bonds. The van der Waals surface area contributed by atoms with Crippen LogP contribution in [0.2, 0.25) is 0 Å². The van der Waals surface area contributed by atoms with Crippen LogP contribution in [0.3, 0.4) is 0 Å². The molecule has 2 saturated heterocycles. The molecule has 0 saturated carbocycles. The molecule has 64 valence electrons. The van der Waals surface area contributed by atoms with E-state index in [1.807, 2.05) is 0 Å². The Kier molecular flexibility index (Phi) is 1.90. The van der Waals surface area contributed by atoms with Gasteiger partial charge in [0.15, 0.2) is 0 Å². The fraction of sp³-hybridized carbons (Fsp3) is 1.00. The second kappa shape index (κ2) is 2.76. The largest absolute Gasteiger partial charge is 0.375 e. The van der Waals surface area contributed by atoms with E-state index in [0.717, 1.165) is 6.04 Å². The molecule has 2 aliphatic rings. The Balaban J connectivity index is 2.02. The monoisotopic (exact) mass is 155 g/mol. The number of rotatable bonds is 0. The van der Waals surface area contributed by atoms with Gasteiger partial charge in [0.1, 0.15) is 0 Å². The van der Waals surface area contributed by atoms with E-state index >= 15 is 0 Å². The molecule has 0 radical (unpaired) electrons. The summed E-state index contributed by atoms with van der Waals surface area (Å²) >= 11 is 0. The molecule has 2 heterocycles. The summed E-state index contributed by atoms with van der Waals surface area (Å²) in [7, 11) is 2.24. The van der Waals surface area contributed by atoms with Gasteiger partial charge in [-0.1, -0.05) is 0 Å². The van der Waals surface area contributed by atoms with Crippen molar-refractivity contribution in [1.82, 2.24) is 4.90 Å². The first kappa shape index (κ1) is 7.56. The molecule has 11 heavy (non-hydrogen) atoms. The van der Waals surface area contributed by atoms with Gasteiger partial charge >= 0.3 is 0 Å². The minimum absolute atomic E-state index is 0.487. The van der Waals surface area contributed by atoms with Crippen LogP contribution in [0.5, 0.6) is 0 Å². The lowest BCUT2D eigenvalue weighted by Gasteiger charge is -2.43. The van der Waals surface area contributed by atoms with Gasteiger partial charge in [0.2, 0.25) is 0 Å². The lowest BCUT2D eigenvalue weighted by molar-refractivity contribution is -0.0991. The molecule has 0 N–H and O–H groups in total. The Hall–Kier alpha value is -0.0800. The summed E-state index contributed by atoms with van der Waals surface area (Å²) in [5, 5.41) is 0. The van der Waals surface area contributed by atoms with Gasteiger partial charge in [0, 0.05) is 12.6 Å². The van der Waals surface area contributed by atoms with E-state index < -0.39 is 0 Å². The maximum Gasteiger partial charge on any atom is 0.0605 e. The van der Waals surface area contributed by atoms with Gasteiger partial charge in [-0.25, -0.2) is 0 Å². The maximum absolute atomic E-state index is 5.78. The maximum atomic E-state index is 5.78. The first-order valence-electron chi connectivity index (χ1n) is 4.61. The minimum Gasteiger partial charge on any atom is -0.375 e. The lowest BCUT2D eigenvalue weighted by Crippen LogP contribution is -2.49. The highest BCUT2D eigenvalue weighted by Crippen LogP contribution is 2.28. The highest BCUT2D eigenvalue weighted by molar-refractivity contribution is 4.86. The average Bonchev–Trinajstić information content (AvgIpc) is 1.97. The quantitative estimate of drug-likeness (QED) is 0.522. The summed E-state index contributed by atoms with van der Waals surface area (Å²) in [6.07, 6.45) is 4.78. The van der Waals surface area contributed by atoms with E-state index in [1.54, 1.807) is 0 Å². The second-order valence-corrected chi connectivity index (χ2v) is 3.96. The summed E-state index contributed by atoms with van der Waals surface area (Å²) in [5.41, 5.74) is 0. The van der Waals surface area contributed by atoms with Crippen molar-refractivity contribution in [3.63, 3.8) is 0 Å². The zero-order valence-corrected chi connectivity index (χ0v) is 7.42. The van der Waals surface area contributed by atoms with Gasteiger partial charge in [0.05, 0.1) is 12.2 Å². The average molecular weight is 155 g/mol. The highest BCUT2D eigenvalue weighted by atomic mass is 16.5. The predicted octanol–water partition coefficient (Wildman–Crippen LogP) is 1.26. The summed E-state index contributed by atoms with van der Waals surface area (Å²) in [4.78, 5) is 2.48. The smallest absolute Gasteiger partial charge is 0.0605 e. The van der Waals surface area contributed by atoms with E-state index in [9.17, 15) is 0 Å². The van der Waals surface area contributed by atoms with Crippen molar-refractivity contribution >= 4 is 0 Å². The molecular formula is C9H17NO. The van der Waals surface area contributed by atoms with E-state index in [-0.39, 0.29) is 0 Å². The van der Waals surface area contributed by atoms with Crippen LogP contribution in [0, 0.1) is 0 Å². The number of nitrogens with zero attached hydrogens (tertiary/aromatic N) is 1. The van der Waals surface area contributed by atoms with E-state index in [2.05, 4.69) is 18.9 Å². The molecule has 0 aromatic carbocycles. The van der Waals surface area contributed by atoms with Crippen LogP contribution in [-0.4, -0.2) is 36.7 Å². The molecule has 0 spiro atoms. The molecule has 2 bridgehead atoms. The van der Waals surface area contributed by atoms with Crippen molar-refractivity contribution in [3.05, 3.63) is 0 Å². The minimum atomic E-state index is 0.487.